The third kappa shape index (κ3) is 2.17. The third-order valence-electron chi connectivity index (χ3n) is 3.31. The summed E-state index contributed by atoms with van der Waals surface area (Å²) in [5.74, 6) is 0.650. The summed E-state index contributed by atoms with van der Waals surface area (Å²) in [6, 6.07) is 0. The number of esters is 1. The van der Waals surface area contributed by atoms with Crippen molar-refractivity contribution in [3.05, 3.63) is 11.6 Å². The molecule has 0 saturated heterocycles. The Morgan fingerprint density at radius 3 is 3.00 bits per heavy atom. The molecule has 2 aliphatic carbocycles. The lowest BCUT2D eigenvalue weighted by molar-refractivity contribution is -0.144. The maximum atomic E-state index is 10.8. The van der Waals surface area contributed by atoms with Crippen molar-refractivity contribution >= 4 is 5.97 Å². The number of ether oxygens (including phenoxy) is 1. The van der Waals surface area contributed by atoms with Gasteiger partial charge in [0.15, 0.2) is 0 Å². The first kappa shape index (κ1) is 9.75. The first-order valence-electron chi connectivity index (χ1n) is 5.63. The highest BCUT2D eigenvalue weighted by atomic mass is 16.5. The lowest BCUT2D eigenvalue weighted by atomic mass is 9.77. The van der Waals surface area contributed by atoms with Gasteiger partial charge in [-0.25, -0.2) is 0 Å². The predicted molar refractivity (Wildman–Crippen MR) is 54.8 cm³/mol. The van der Waals surface area contributed by atoms with Gasteiger partial charge in [0, 0.05) is 6.92 Å². The van der Waals surface area contributed by atoms with Gasteiger partial charge < -0.3 is 4.74 Å². The van der Waals surface area contributed by atoms with Crippen LogP contribution in [0, 0.1) is 5.92 Å². The van der Waals surface area contributed by atoms with Crippen LogP contribution in [0.1, 0.15) is 45.4 Å². The molecule has 2 rings (SSSR count). The summed E-state index contributed by atoms with van der Waals surface area (Å²) in [6.07, 6.45) is 9.76. The Labute approximate surface area is 85.3 Å². The standard InChI is InChI=1S/C12H18O2/c1-9(13)14-12-7-6-10-4-2-3-5-11(10)8-12/h8,10,12H,2-7H2,1H3/t10-,12+/m0/s1. The average Bonchev–Trinajstić information content (AvgIpc) is 2.17. The Morgan fingerprint density at radius 1 is 1.36 bits per heavy atom. The zero-order valence-electron chi connectivity index (χ0n) is 8.79. The first-order chi connectivity index (χ1) is 6.75. The van der Waals surface area contributed by atoms with Crippen LogP contribution >= 0.6 is 0 Å². The van der Waals surface area contributed by atoms with E-state index in [1.54, 1.807) is 5.57 Å². The van der Waals surface area contributed by atoms with Crippen LogP contribution in [0.2, 0.25) is 0 Å². The molecule has 2 aliphatic rings. The SMILES string of the molecule is CC(=O)O[C@H]1C=C2CCCC[C@H]2CC1. The van der Waals surface area contributed by atoms with Gasteiger partial charge >= 0.3 is 5.97 Å². The van der Waals surface area contributed by atoms with E-state index in [0.717, 1.165) is 12.3 Å². The van der Waals surface area contributed by atoms with E-state index in [9.17, 15) is 4.79 Å². The maximum absolute atomic E-state index is 10.8. The summed E-state index contributed by atoms with van der Waals surface area (Å²) in [4.78, 5) is 10.8. The number of rotatable bonds is 1. The molecule has 0 bridgehead atoms. The molecule has 2 heteroatoms. The highest BCUT2D eigenvalue weighted by Crippen LogP contribution is 2.37. The topological polar surface area (TPSA) is 26.3 Å². The minimum atomic E-state index is -0.152. The van der Waals surface area contributed by atoms with Gasteiger partial charge in [-0.1, -0.05) is 12.0 Å². The summed E-state index contributed by atoms with van der Waals surface area (Å²) < 4.78 is 5.22. The van der Waals surface area contributed by atoms with E-state index >= 15 is 0 Å². The average molecular weight is 194 g/mol. The van der Waals surface area contributed by atoms with Gasteiger partial charge in [-0.15, -0.1) is 0 Å². The van der Waals surface area contributed by atoms with Gasteiger partial charge in [0.25, 0.3) is 0 Å². The Balaban J connectivity index is 2.00. The van der Waals surface area contributed by atoms with Crippen molar-refractivity contribution in [1.29, 1.82) is 0 Å². The molecule has 0 heterocycles. The third-order valence-corrected chi connectivity index (χ3v) is 3.31. The molecule has 1 fully saturated rings. The van der Waals surface area contributed by atoms with Gasteiger partial charge in [0.2, 0.25) is 0 Å². The Kier molecular flexibility index (Phi) is 2.90. The molecule has 1 saturated carbocycles. The van der Waals surface area contributed by atoms with Crippen LogP contribution in [0.25, 0.3) is 0 Å². The number of hydrogen-bond donors (Lipinski definition) is 0. The van der Waals surface area contributed by atoms with Crippen LogP contribution in [0.5, 0.6) is 0 Å². The van der Waals surface area contributed by atoms with Crippen molar-refractivity contribution in [2.75, 3.05) is 0 Å². The van der Waals surface area contributed by atoms with Crippen molar-refractivity contribution in [1.82, 2.24) is 0 Å². The minimum Gasteiger partial charge on any atom is -0.458 e. The van der Waals surface area contributed by atoms with Crippen LogP contribution in [0.4, 0.5) is 0 Å². The van der Waals surface area contributed by atoms with E-state index in [1.165, 1.54) is 39.0 Å². The van der Waals surface area contributed by atoms with Crippen molar-refractivity contribution in [3.8, 4) is 0 Å². The van der Waals surface area contributed by atoms with Gasteiger partial charge in [0.1, 0.15) is 6.10 Å². The minimum absolute atomic E-state index is 0.0665. The molecule has 2 atom stereocenters. The summed E-state index contributed by atoms with van der Waals surface area (Å²) in [5, 5.41) is 0. The Hall–Kier alpha value is -0.790. The zero-order chi connectivity index (χ0) is 9.97. The molecule has 0 amide bonds. The van der Waals surface area contributed by atoms with E-state index < -0.39 is 0 Å². The van der Waals surface area contributed by atoms with Gasteiger partial charge in [-0.3, -0.25) is 4.79 Å². The number of allylic oxidation sites excluding steroid dienone is 1. The van der Waals surface area contributed by atoms with E-state index in [-0.39, 0.29) is 12.1 Å². The molecular formula is C12H18O2. The highest BCUT2D eigenvalue weighted by molar-refractivity contribution is 5.66. The predicted octanol–water partition coefficient (Wildman–Crippen LogP) is 2.83. The number of carbonyl (C=O) groups excluding carboxylic acids is 1. The number of hydrogen-bond acceptors (Lipinski definition) is 2. The summed E-state index contributed by atoms with van der Waals surface area (Å²) in [5.41, 5.74) is 1.55. The van der Waals surface area contributed by atoms with E-state index in [0.29, 0.717) is 0 Å². The van der Waals surface area contributed by atoms with Crippen LogP contribution < -0.4 is 0 Å². The molecule has 0 unspecified atom stereocenters. The van der Waals surface area contributed by atoms with E-state index in [4.69, 9.17) is 4.74 Å². The normalized spacial score (nSPS) is 31.6. The van der Waals surface area contributed by atoms with Crippen molar-refractivity contribution < 1.29 is 9.53 Å². The quantitative estimate of drug-likeness (QED) is 0.474. The molecule has 0 N–H and O–H groups in total. The van der Waals surface area contributed by atoms with E-state index in [1.807, 2.05) is 0 Å². The van der Waals surface area contributed by atoms with Gasteiger partial charge in [-0.05, 0) is 44.1 Å². The lowest BCUT2D eigenvalue weighted by Gasteiger charge is -2.31. The first-order valence-corrected chi connectivity index (χ1v) is 5.63. The molecule has 0 spiro atoms. The molecule has 14 heavy (non-hydrogen) atoms. The molecular weight excluding hydrogens is 176 g/mol. The molecule has 0 aromatic rings. The van der Waals surface area contributed by atoms with Crippen LogP contribution in [-0.2, 0) is 9.53 Å². The second-order valence-electron chi connectivity index (χ2n) is 4.41. The van der Waals surface area contributed by atoms with Crippen molar-refractivity contribution in [2.24, 2.45) is 5.92 Å². The smallest absolute Gasteiger partial charge is 0.303 e. The molecule has 0 aliphatic heterocycles. The molecule has 0 radical (unpaired) electrons. The Morgan fingerprint density at radius 2 is 2.21 bits per heavy atom. The second-order valence-corrected chi connectivity index (χ2v) is 4.41. The maximum Gasteiger partial charge on any atom is 0.303 e. The summed E-state index contributed by atoms with van der Waals surface area (Å²) >= 11 is 0. The van der Waals surface area contributed by atoms with Gasteiger partial charge in [0.05, 0.1) is 0 Å². The summed E-state index contributed by atoms with van der Waals surface area (Å²) in [6.45, 7) is 1.49. The largest absolute Gasteiger partial charge is 0.458 e. The highest BCUT2D eigenvalue weighted by Gasteiger charge is 2.26. The van der Waals surface area contributed by atoms with E-state index in [2.05, 4.69) is 6.08 Å². The molecule has 0 aromatic carbocycles. The zero-order valence-corrected chi connectivity index (χ0v) is 8.79. The fourth-order valence-electron chi connectivity index (χ4n) is 2.65. The fourth-order valence-corrected chi connectivity index (χ4v) is 2.65. The van der Waals surface area contributed by atoms with Crippen LogP contribution in [0.15, 0.2) is 11.6 Å². The van der Waals surface area contributed by atoms with Crippen molar-refractivity contribution in [3.63, 3.8) is 0 Å². The number of carbonyl (C=O) groups is 1. The lowest BCUT2D eigenvalue weighted by Crippen LogP contribution is -2.23. The monoisotopic (exact) mass is 194 g/mol. The van der Waals surface area contributed by atoms with Gasteiger partial charge in [-0.2, -0.15) is 0 Å². The van der Waals surface area contributed by atoms with Crippen LogP contribution in [0.3, 0.4) is 0 Å². The summed E-state index contributed by atoms with van der Waals surface area (Å²) in [7, 11) is 0. The van der Waals surface area contributed by atoms with Crippen molar-refractivity contribution in [2.45, 2.75) is 51.6 Å². The fraction of sp³-hybridized carbons (Fsp3) is 0.750. The molecule has 2 nitrogen and oxygen atoms in total. The number of fused-ring (bicyclic) bond motifs is 1. The Bertz CT molecular complexity index is 255. The molecule has 78 valence electrons. The second kappa shape index (κ2) is 4.16. The van der Waals surface area contributed by atoms with Crippen LogP contribution in [-0.4, -0.2) is 12.1 Å². The molecule has 0 aromatic heterocycles.